The fourth-order valence-electron chi connectivity index (χ4n) is 0.822. The van der Waals surface area contributed by atoms with Gasteiger partial charge in [0.25, 0.3) is 0 Å². The van der Waals surface area contributed by atoms with Gasteiger partial charge in [0.15, 0.2) is 6.61 Å². The van der Waals surface area contributed by atoms with Crippen LogP contribution in [0.25, 0.3) is 0 Å². The van der Waals surface area contributed by atoms with Gasteiger partial charge in [-0.3, -0.25) is 0 Å². The van der Waals surface area contributed by atoms with Crippen LogP contribution in [-0.4, -0.2) is 29.3 Å². The molecule has 0 spiro atoms. The lowest BCUT2D eigenvalue weighted by molar-refractivity contribution is -0.154. The zero-order valence-electron chi connectivity index (χ0n) is 8.01. The zero-order valence-corrected chi connectivity index (χ0v) is 8.01. The largest absolute Gasteiger partial charge is 0.468 e. The third kappa shape index (κ3) is 4.48. The maximum Gasteiger partial charge on any atom is 0.422 e. The molecule has 0 aliphatic rings. The minimum atomic E-state index is -4.36. The number of rotatable bonds is 4. The number of halogens is 3. The molecule has 0 bridgehead atoms. The Balaban J connectivity index is 2.57. The summed E-state index contributed by atoms with van der Waals surface area (Å²) in [5.41, 5.74) is 0. The van der Waals surface area contributed by atoms with Gasteiger partial charge in [0.2, 0.25) is 11.8 Å². The van der Waals surface area contributed by atoms with Crippen molar-refractivity contribution in [2.45, 2.75) is 13.1 Å². The van der Waals surface area contributed by atoms with Crippen molar-refractivity contribution in [3.05, 3.63) is 12.3 Å². The van der Waals surface area contributed by atoms with Crippen LogP contribution in [0.2, 0.25) is 0 Å². The van der Waals surface area contributed by atoms with Crippen molar-refractivity contribution in [1.29, 1.82) is 0 Å². The Hall–Kier alpha value is -1.53. The molecule has 0 aliphatic carbocycles. The predicted molar refractivity (Wildman–Crippen MR) is 47.7 cm³/mol. The molecule has 1 heterocycles. The number of nitrogens with one attached hydrogen (secondary N) is 1. The van der Waals surface area contributed by atoms with Crippen LogP contribution in [0.4, 0.5) is 19.1 Å². The molecule has 1 N–H and O–H groups in total. The lowest BCUT2D eigenvalue weighted by atomic mass is 10.6. The van der Waals surface area contributed by atoms with Crippen molar-refractivity contribution in [3.8, 4) is 5.88 Å². The number of hydrogen-bond donors (Lipinski definition) is 1. The highest BCUT2D eigenvalue weighted by Crippen LogP contribution is 2.17. The summed E-state index contributed by atoms with van der Waals surface area (Å²) in [7, 11) is 0. The van der Waals surface area contributed by atoms with Crippen LogP contribution in [-0.2, 0) is 0 Å². The fraction of sp³-hybridized carbons (Fsp3) is 0.500. The quantitative estimate of drug-likeness (QED) is 0.842. The monoisotopic (exact) mass is 221 g/mol. The Morgan fingerprint density at radius 2 is 2.20 bits per heavy atom. The SMILES string of the molecule is CCNc1nccc(OCC(F)(F)F)n1. The molecule has 0 aromatic carbocycles. The highest BCUT2D eigenvalue weighted by molar-refractivity contribution is 5.26. The smallest absolute Gasteiger partial charge is 0.422 e. The van der Waals surface area contributed by atoms with Crippen molar-refractivity contribution in [3.63, 3.8) is 0 Å². The summed E-state index contributed by atoms with van der Waals surface area (Å²) in [5, 5.41) is 2.76. The molecule has 15 heavy (non-hydrogen) atoms. The van der Waals surface area contributed by atoms with E-state index in [-0.39, 0.29) is 11.8 Å². The summed E-state index contributed by atoms with van der Waals surface area (Å²) in [4.78, 5) is 7.51. The van der Waals surface area contributed by atoms with Crippen LogP contribution in [0.3, 0.4) is 0 Å². The number of ether oxygens (including phenoxy) is 1. The summed E-state index contributed by atoms with van der Waals surface area (Å²) >= 11 is 0. The molecule has 84 valence electrons. The molecule has 7 heteroatoms. The van der Waals surface area contributed by atoms with Gasteiger partial charge in [-0.25, -0.2) is 4.98 Å². The third-order valence-corrected chi connectivity index (χ3v) is 1.35. The number of alkyl halides is 3. The number of hydrogen-bond acceptors (Lipinski definition) is 4. The number of nitrogens with zero attached hydrogens (tertiary/aromatic N) is 2. The Morgan fingerprint density at radius 3 is 2.80 bits per heavy atom. The predicted octanol–water partition coefficient (Wildman–Crippen LogP) is 1.85. The minimum Gasteiger partial charge on any atom is -0.468 e. The van der Waals surface area contributed by atoms with E-state index in [2.05, 4.69) is 20.0 Å². The maximum atomic E-state index is 11.8. The highest BCUT2D eigenvalue weighted by Gasteiger charge is 2.28. The van der Waals surface area contributed by atoms with E-state index in [1.54, 1.807) is 0 Å². The topological polar surface area (TPSA) is 47.0 Å². The zero-order chi connectivity index (χ0) is 11.3. The van der Waals surface area contributed by atoms with E-state index < -0.39 is 12.8 Å². The number of aromatic nitrogens is 2. The molecule has 1 aromatic heterocycles. The average Bonchev–Trinajstić information content (AvgIpc) is 2.15. The molecule has 1 rings (SSSR count). The van der Waals surface area contributed by atoms with Crippen molar-refractivity contribution in [1.82, 2.24) is 9.97 Å². The second kappa shape index (κ2) is 4.81. The van der Waals surface area contributed by atoms with Crippen LogP contribution in [0.15, 0.2) is 12.3 Å². The minimum absolute atomic E-state index is 0.0988. The van der Waals surface area contributed by atoms with Crippen molar-refractivity contribution >= 4 is 5.95 Å². The van der Waals surface area contributed by atoms with Crippen LogP contribution in [0.1, 0.15) is 6.92 Å². The lowest BCUT2D eigenvalue weighted by Gasteiger charge is -2.08. The van der Waals surface area contributed by atoms with Crippen LogP contribution < -0.4 is 10.1 Å². The van der Waals surface area contributed by atoms with Crippen LogP contribution >= 0.6 is 0 Å². The maximum absolute atomic E-state index is 11.8. The van der Waals surface area contributed by atoms with Gasteiger partial charge >= 0.3 is 6.18 Å². The van der Waals surface area contributed by atoms with Gasteiger partial charge in [0.05, 0.1) is 0 Å². The first-order valence-electron chi connectivity index (χ1n) is 4.27. The van der Waals surface area contributed by atoms with Crippen molar-refractivity contribution in [2.75, 3.05) is 18.5 Å². The van der Waals surface area contributed by atoms with E-state index >= 15 is 0 Å². The van der Waals surface area contributed by atoms with E-state index in [0.29, 0.717) is 6.54 Å². The molecule has 4 nitrogen and oxygen atoms in total. The first-order chi connectivity index (χ1) is 7.01. The summed E-state index contributed by atoms with van der Waals surface area (Å²) in [6.07, 6.45) is -3.03. The van der Waals surface area contributed by atoms with Crippen molar-refractivity contribution < 1.29 is 17.9 Å². The molecule has 0 amide bonds. The van der Waals surface area contributed by atoms with E-state index in [4.69, 9.17) is 0 Å². The van der Waals surface area contributed by atoms with Crippen LogP contribution in [0.5, 0.6) is 5.88 Å². The van der Waals surface area contributed by atoms with Gasteiger partial charge in [-0.15, -0.1) is 0 Å². The van der Waals surface area contributed by atoms with Gasteiger partial charge < -0.3 is 10.1 Å². The summed E-state index contributed by atoms with van der Waals surface area (Å²) in [6.45, 7) is 1.06. The normalized spacial score (nSPS) is 11.2. The molecule has 0 unspecified atom stereocenters. The first-order valence-corrected chi connectivity index (χ1v) is 4.27. The van der Waals surface area contributed by atoms with Gasteiger partial charge in [-0.05, 0) is 6.92 Å². The molecular weight excluding hydrogens is 211 g/mol. The Bertz CT molecular complexity index is 316. The number of anilines is 1. The second-order valence-corrected chi connectivity index (χ2v) is 2.65. The standard InChI is InChI=1S/C8H10F3N3O/c1-2-12-7-13-4-3-6(14-7)15-5-8(9,10)11/h3-4H,2,5H2,1H3,(H,12,13,14). The third-order valence-electron chi connectivity index (χ3n) is 1.35. The van der Waals surface area contributed by atoms with Crippen molar-refractivity contribution in [2.24, 2.45) is 0 Å². The molecule has 0 fully saturated rings. The molecule has 0 radical (unpaired) electrons. The highest BCUT2D eigenvalue weighted by atomic mass is 19.4. The molecule has 0 saturated carbocycles. The second-order valence-electron chi connectivity index (χ2n) is 2.65. The molecule has 1 aromatic rings. The Labute approximate surface area is 84.5 Å². The lowest BCUT2D eigenvalue weighted by Crippen LogP contribution is -2.19. The van der Waals surface area contributed by atoms with E-state index in [1.165, 1.54) is 12.3 Å². The summed E-state index contributed by atoms with van der Waals surface area (Å²) in [6, 6.07) is 1.27. The van der Waals surface area contributed by atoms with E-state index in [9.17, 15) is 13.2 Å². The van der Waals surface area contributed by atoms with E-state index in [0.717, 1.165) is 0 Å². The summed E-state index contributed by atoms with van der Waals surface area (Å²) in [5.74, 6) is 0.149. The van der Waals surface area contributed by atoms with E-state index in [1.807, 2.05) is 6.92 Å². The van der Waals surface area contributed by atoms with Gasteiger partial charge in [0.1, 0.15) is 0 Å². The Morgan fingerprint density at radius 1 is 1.47 bits per heavy atom. The average molecular weight is 221 g/mol. The molecule has 0 atom stereocenters. The van der Waals surface area contributed by atoms with Gasteiger partial charge in [-0.2, -0.15) is 18.2 Å². The molecular formula is C8H10F3N3O. The van der Waals surface area contributed by atoms with Crippen LogP contribution in [0, 0.1) is 0 Å². The molecule has 0 saturated heterocycles. The van der Waals surface area contributed by atoms with Gasteiger partial charge in [-0.1, -0.05) is 0 Å². The Kier molecular flexibility index (Phi) is 3.70. The summed E-state index contributed by atoms with van der Waals surface area (Å²) < 4.78 is 39.9. The fourth-order valence-corrected chi connectivity index (χ4v) is 0.822. The van der Waals surface area contributed by atoms with Gasteiger partial charge in [0, 0.05) is 18.8 Å². The first kappa shape index (κ1) is 11.5. The molecule has 0 aliphatic heterocycles.